The summed E-state index contributed by atoms with van der Waals surface area (Å²) in [5.41, 5.74) is 0.194. The van der Waals surface area contributed by atoms with Crippen molar-refractivity contribution < 1.29 is 9.90 Å². The van der Waals surface area contributed by atoms with Gasteiger partial charge < -0.3 is 10.4 Å². The van der Waals surface area contributed by atoms with E-state index in [0.717, 1.165) is 31.6 Å². The van der Waals surface area contributed by atoms with Crippen LogP contribution in [0.4, 0.5) is 0 Å². The molecule has 1 amide bonds. The smallest absolute Gasteiger partial charge is 0.223 e. The highest BCUT2D eigenvalue weighted by molar-refractivity contribution is 5.79. The molecule has 2 N–H and O–H groups in total. The molecule has 2 aliphatic rings. The molecule has 20 heavy (non-hydrogen) atoms. The van der Waals surface area contributed by atoms with Gasteiger partial charge in [0.1, 0.15) is 0 Å². The lowest BCUT2D eigenvalue weighted by molar-refractivity contribution is -0.134. The molecule has 116 valence electrons. The average Bonchev–Trinajstić information content (AvgIpc) is 2.37. The Labute approximate surface area is 123 Å². The van der Waals surface area contributed by atoms with Crippen LogP contribution in [0, 0.1) is 22.7 Å². The zero-order valence-electron chi connectivity index (χ0n) is 13.7. The minimum absolute atomic E-state index is 0.144. The standard InChI is InChI=1S/C17H31NO2/c1-16(2,3)12-8-6-11(7-9-12)15(20)18-13-10-14(19)17(13,4)5/h11-14,19H,6-10H2,1-5H3,(H,18,20). The van der Waals surface area contributed by atoms with Crippen molar-refractivity contribution in [3.8, 4) is 0 Å². The molecule has 2 aliphatic carbocycles. The normalized spacial score (nSPS) is 37.1. The predicted octanol–water partition coefficient (Wildman–Crippen LogP) is 3.11. The first-order chi connectivity index (χ1) is 9.12. The fourth-order valence-electron chi connectivity index (χ4n) is 3.66. The van der Waals surface area contributed by atoms with E-state index in [-0.39, 0.29) is 29.4 Å². The van der Waals surface area contributed by atoms with Gasteiger partial charge in [-0.3, -0.25) is 4.79 Å². The minimum Gasteiger partial charge on any atom is -0.392 e. The van der Waals surface area contributed by atoms with Crippen LogP contribution in [0.3, 0.4) is 0 Å². The third-order valence-electron chi connectivity index (χ3n) is 5.86. The van der Waals surface area contributed by atoms with Crippen molar-refractivity contribution in [1.82, 2.24) is 5.32 Å². The summed E-state index contributed by atoms with van der Waals surface area (Å²) >= 11 is 0. The highest BCUT2D eigenvalue weighted by Gasteiger charge is 2.48. The second kappa shape index (κ2) is 5.32. The maximum Gasteiger partial charge on any atom is 0.223 e. The Morgan fingerprint density at radius 2 is 1.70 bits per heavy atom. The van der Waals surface area contributed by atoms with Crippen LogP contribution < -0.4 is 5.32 Å². The maximum atomic E-state index is 12.4. The van der Waals surface area contributed by atoms with Gasteiger partial charge in [-0.15, -0.1) is 0 Å². The van der Waals surface area contributed by atoms with E-state index in [1.807, 2.05) is 13.8 Å². The van der Waals surface area contributed by atoms with Gasteiger partial charge in [0.2, 0.25) is 5.91 Å². The third kappa shape index (κ3) is 3.03. The van der Waals surface area contributed by atoms with Gasteiger partial charge in [0.15, 0.2) is 0 Å². The van der Waals surface area contributed by atoms with Crippen molar-refractivity contribution in [3.63, 3.8) is 0 Å². The molecule has 2 rings (SSSR count). The van der Waals surface area contributed by atoms with E-state index in [1.165, 1.54) is 0 Å². The summed E-state index contributed by atoms with van der Waals surface area (Å²) in [6.07, 6.45) is 4.80. The van der Waals surface area contributed by atoms with Crippen molar-refractivity contribution in [2.75, 3.05) is 0 Å². The Morgan fingerprint density at radius 1 is 1.15 bits per heavy atom. The molecular formula is C17H31NO2. The van der Waals surface area contributed by atoms with Gasteiger partial charge in [0.05, 0.1) is 6.10 Å². The largest absolute Gasteiger partial charge is 0.392 e. The molecule has 0 aromatic carbocycles. The van der Waals surface area contributed by atoms with Crippen LogP contribution in [-0.4, -0.2) is 23.2 Å². The molecule has 2 saturated carbocycles. The number of aliphatic hydroxyl groups excluding tert-OH is 1. The summed E-state index contributed by atoms with van der Waals surface area (Å²) in [6, 6.07) is 0.144. The van der Waals surface area contributed by atoms with Crippen LogP contribution in [0.5, 0.6) is 0 Å². The monoisotopic (exact) mass is 281 g/mol. The molecule has 0 heterocycles. The molecule has 0 radical (unpaired) electrons. The van der Waals surface area contributed by atoms with Crippen molar-refractivity contribution in [2.24, 2.45) is 22.7 Å². The Bertz CT molecular complexity index is 362. The van der Waals surface area contributed by atoms with Crippen LogP contribution in [0.25, 0.3) is 0 Å². The van der Waals surface area contributed by atoms with Crippen LogP contribution in [0.1, 0.15) is 66.7 Å². The second-order valence-corrected chi connectivity index (χ2v) is 8.55. The predicted molar refractivity (Wildman–Crippen MR) is 81.2 cm³/mol. The fourth-order valence-corrected chi connectivity index (χ4v) is 3.66. The van der Waals surface area contributed by atoms with E-state index < -0.39 is 0 Å². The summed E-state index contributed by atoms with van der Waals surface area (Å²) in [4.78, 5) is 12.4. The molecule has 3 heteroatoms. The maximum absolute atomic E-state index is 12.4. The Hall–Kier alpha value is -0.570. The average molecular weight is 281 g/mol. The van der Waals surface area contributed by atoms with Crippen LogP contribution in [-0.2, 0) is 4.79 Å². The quantitative estimate of drug-likeness (QED) is 0.817. The van der Waals surface area contributed by atoms with E-state index in [1.54, 1.807) is 0 Å². The molecule has 2 fully saturated rings. The lowest BCUT2D eigenvalue weighted by atomic mass is 9.64. The van der Waals surface area contributed by atoms with E-state index in [0.29, 0.717) is 11.8 Å². The summed E-state index contributed by atoms with van der Waals surface area (Å²) in [5, 5.41) is 12.9. The molecule has 3 nitrogen and oxygen atoms in total. The first kappa shape index (κ1) is 15.8. The Balaban J connectivity index is 1.81. The molecular weight excluding hydrogens is 250 g/mol. The van der Waals surface area contributed by atoms with Crippen LogP contribution in [0.15, 0.2) is 0 Å². The Morgan fingerprint density at radius 3 is 2.10 bits per heavy atom. The lowest BCUT2D eigenvalue weighted by Crippen LogP contribution is -2.62. The van der Waals surface area contributed by atoms with Crippen LogP contribution >= 0.6 is 0 Å². The molecule has 0 aromatic rings. The number of hydrogen-bond acceptors (Lipinski definition) is 2. The number of hydrogen-bond donors (Lipinski definition) is 2. The molecule has 0 spiro atoms. The van der Waals surface area contributed by atoms with Crippen molar-refractivity contribution in [3.05, 3.63) is 0 Å². The van der Waals surface area contributed by atoms with Crippen molar-refractivity contribution >= 4 is 5.91 Å². The molecule has 2 unspecified atom stereocenters. The zero-order valence-corrected chi connectivity index (χ0v) is 13.7. The van der Waals surface area contributed by atoms with Gasteiger partial charge in [-0.05, 0) is 43.4 Å². The second-order valence-electron chi connectivity index (χ2n) is 8.55. The van der Waals surface area contributed by atoms with E-state index >= 15 is 0 Å². The van der Waals surface area contributed by atoms with Gasteiger partial charge in [-0.25, -0.2) is 0 Å². The molecule has 0 aliphatic heterocycles. The molecule has 2 atom stereocenters. The number of nitrogens with one attached hydrogen (secondary N) is 1. The topological polar surface area (TPSA) is 49.3 Å². The zero-order chi connectivity index (χ0) is 15.1. The first-order valence-electron chi connectivity index (χ1n) is 8.11. The van der Waals surface area contributed by atoms with Crippen LogP contribution in [0.2, 0.25) is 0 Å². The summed E-state index contributed by atoms with van der Waals surface area (Å²) in [6.45, 7) is 11.0. The highest BCUT2D eigenvalue weighted by atomic mass is 16.3. The molecule has 0 bridgehead atoms. The fraction of sp³-hybridized carbons (Fsp3) is 0.941. The highest BCUT2D eigenvalue weighted by Crippen LogP contribution is 2.42. The first-order valence-corrected chi connectivity index (χ1v) is 8.11. The number of carbonyl (C=O) groups excluding carboxylic acids is 1. The Kier molecular flexibility index (Phi) is 4.21. The van der Waals surface area contributed by atoms with Crippen molar-refractivity contribution in [1.29, 1.82) is 0 Å². The van der Waals surface area contributed by atoms with Gasteiger partial charge in [-0.2, -0.15) is 0 Å². The van der Waals surface area contributed by atoms with E-state index in [4.69, 9.17) is 0 Å². The van der Waals surface area contributed by atoms with Gasteiger partial charge in [-0.1, -0.05) is 34.6 Å². The minimum atomic E-state index is -0.274. The van der Waals surface area contributed by atoms with Gasteiger partial charge in [0, 0.05) is 17.4 Å². The molecule has 0 saturated heterocycles. The number of rotatable bonds is 2. The number of amides is 1. The van der Waals surface area contributed by atoms with E-state index in [9.17, 15) is 9.90 Å². The summed E-state index contributed by atoms with van der Waals surface area (Å²) in [5.74, 6) is 1.14. The SMILES string of the molecule is CC(C)(C)C1CCC(C(=O)NC2CC(O)C2(C)C)CC1. The van der Waals surface area contributed by atoms with Gasteiger partial charge in [0.25, 0.3) is 0 Å². The lowest BCUT2D eigenvalue weighted by Gasteiger charge is -2.50. The van der Waals surface area contributed by atoms with E-state index in [2.05, 4.69) is 26.1 Å². The molecule has 0 aromatic heterocycles. The number of aliphatic hydroxyl groups is 1. The third-order valence-corrected chi connectivity index (χ3v) is 5.86. The van der Waals surface area contributed by atoms with Gasteiger partial charge >= 0.3 is 0 Å². The van der Waals surface area contributed by atoms with Crippen molar-refractivity contribution in [2.45, 2.75) is 78.9 Å². The number of carbonyl (C=O) groups is 1. The summed E-state index contributed by atoms with van der Waals surface area (Å²) < 4.78 is 0. The summed E-state index contributed by atoms with van der Waals surface area (Å²) in [7, 11) is 0.